The number of fused-ring (bicyclic) bond motifs is 1. The number of nitrogens with two attached hydrogens (primary N) is 1. The highest BCUT2D eigenvalue weighted by Gasteiger charge is 2.42. The summed E-state index contributed by atoms with van der Waals surface area (Å²) in [7, 11) is 4.12. The molecule has 0 unspecified atom stereocenters. The van der Waals surface area contributed by atoms with E-state index >= 15 is 0 Å². The van der Waals surface area contributed by atoms with Gasteiger partial charge in [0.25, 0.3) is 11.9 Å². The maximum atomic E-state index is 11.4. The molecule has 1 aromatic carbocycles. The summed E-state index contributed by atoms with van der Waals surface area (Å²) in [4.78, 5) is 20.0. The lowest BCUT2D eigenvalue weighted by Crippen LogP contribution is -2.67. The Morgan fingerprint density at radius 2 is 2.25 bits per heavy atom. The van der Waals surface area contributed by atoms with Crippen molar-refractivity contribution in [3.05, 3.63) is 23.8 Å². The van der Waals surface area contributed by atoms with Crippen molar-refractivity contribution in [1.82, 2.24) is 9.88 Å². The molecular formula is C14H17N4O2. The number of hydrogen-bond donors (Lipinski definition) is 1. The molecule has 2 heterocycles. The van der Waals surface area contributed by atoms with Crippen molar-refractivity contribution in [2.75, 3.05) is 32.1 Å². The monoisotopic (exact) mass is 273 g/mol. The zero-order chi connectivity index (χ0) is 14.5. The van der Waals surface area contributed by atoms with Crippen LogP contribution in [0.4, 0.5) is 6.01 Å². The molecule has 1 saturated heterocycles. The fraction of sp³-hybridized carbons (Fsp3) is 0.429. The second-order valence-electron chi connectivity index (χ2n) is 5.67. The molecule has 6 nitrogen and oxygen atoms in total. The first-order chi connectivity index (χ1) is 9.40. The Morgan fingerprint density at radius 1 is 1.55 bits per heavy atom. The van der Waals surface area contributed by atoms with Crippen LogP contribution in [0, 0.1) is 6.07 Å². The minimum absolute atomic E-state index is 0.124. The molecule has 6 heteroatoms. The molecule has 1 amide bonds. The Labute approximate surface area is 117 Å². The molecule has 0 saturated carbocycles. The Bertz CT molecular complexity index is 671. The van der Waals surface area contributed by atoms with Crippen molar-refractivity contribution >= 4 is 23.0 Å². The molecule has 20 heavy (non-hydrogen) atoms. The number of carbonyl (C=O) groups is 1. The van der Waals surface area contributed by atoms with Crippen LogP contribution < -0.4 is 10.6 Å². The van der Waals surface area contributed by atoms with Crippen molar-refractivity contribution in [2.24, 2.45) is 5.73 Å². The first kappa shape index (κ1) is 12.9. The number of amides is 1. The number of primary amides is 1. The molecule has 105 valence electrons. The number of likely N-dealkylation sites (N-methyl/N-ethyl adjacent to an activating group) is 1. The van der Waals surface area contributed by atoms with E-state index in [2.05, 4.69) is 37.0 Å². The lowest BCUT2D eigenvalue weighted by molar-refractivity contribution is 0.100. The minimum Gasteiger partial charge on any atom is -0.423 e. The number of hydrogen-bond acceptors (Lipinski definition) is 5. The largest absolute Gasteiger partial charge is 0.423 e. The highest BCUT2D eigenvalue weighted by molar-refractivity contribution is 6.03. The van der Waals surface area contributed by atoms with Gasteiger partial charge in [-0.05, 0) is 39.2 Å². The zero-order valence-corrected chi connectivity index (χ0v) is 11.8. The van der Waals surface area contributed by atoms with Crippen molar-refractivity contribution in [3.8, 4) is 0 Å². The summed E-state index contributed by atoms with van der Waals surface area (Å²) in [5.74, 6) is -0.544. The van der Waals surface area contributed by atoms with Gasteiger partial charge >= 0.3 is 0 Å². The van der Waals surface area contributed by atoms with Gasteiger partial charge in [0, 0.05) is 13.1 Å². The van der Waals surface area contributed by atoms with Gasteiger partial charge in [0.15, 0.2) is 5.58 Å². The van der Waals surface area contributed by atoms with E-state index in [1.807, 2.05) is 4.90 Å². The Kier molecular flexibility index (Phi) is 2.72. The highest BCUT2D eigenvalue weighted by atomic mass is 16.4. The van der Waals surface area contributed by atoms with E-state index in [0.29, 0.717) is 17.1 Å². The van der Waals surface area contributed by atoms with Crippen LogP contribution in [-0.2, 0) is 0 Å². The number of benzene rings is 1. The average Bonchev–Trinajstić information content (AvgIpc) is 2.77. The van der Waals surface area contributed by atoms with Crippen molar-refractivity contribution in [2.45, 2.75) is 12.5 Å². The average molecular weight is 273 g/mol. The van der Waals surface area contributed by atoms with E-state index < -0.39 is 5.91 Å². The Morgan fingerprint density at radius 3 is 2.85 bits per heavy atom. The minimum atomic E-state index is -0.544. The molecule has 0 aliphatic carbocycles. The van der Waals surface area contributed by atoms with Gasteiger partial charge in [-0.25, -0.2) is 0 Å². The van der Waals surface area contributed by atoms with E-state index in [-0.39, 0.29) is 11.1 Å². The first-order valence-corrected chi connectivity index (χ1v) is 6.44. The summed E-state index contributed by atoms with van der Waals surface area (Å²) in [5, 5.41) is 0. The van der Waals surface area contributed by atoms with Crippen LogP contribution in [0.3, 0.4) is 0 Å². The van der Waals surface area contributed by atoms with Gasteiger partial charge in [-0.3, -0.25) is 4.79 Å². The molecule has 1 aliphatic rings. The van der Waals surface area contributed by atoms with E-state index in [1.54, 1.807) is 12.1 Å². The molecule has 3 rings (SSSR count). The zero-order valence-electron chi connectivity index (χ0n) is 11.8. The number of rotatable bonds is 3. The molecular weight excluding hydrogens is 256 g/mol. The number of aromatic nitrogens is 1. The lowest BCUT2D eigenvalue weighted by Gasteiger charge is -2.51. The molecule has 0 bridgehead atoms. The van der Waals surface area contributed by atoms with E-state index in [0.717, 1.165) is 13.1 Å². The summed E-state index contributed by atoms with van der Waals surface area (Å²) in [5.41, 5.74) is 6.76. The fourth-order valence-electron chi connectivity index (χ4n) is 2.40. The van der Waals surface area contributed by atoms with Crippen LogP contribution in [0.2, 0.25) is 0 Å². The predicted octanol–water partition coefficient (Wildman–Crippen LogP) is 0.867. The number of oxazole rings is 1. The van der Waals surface area contributed by atoms with Crippen LogP contribution in [0.5, 0.6) is 0 Å². The SMILES string of the molecule is CN(C)C1(C)CN(c2nc3c(C(N)=O)[c]ccc3o2)C1. The smallest absolute Gasteiger partial charge is 0.298 e. The quantitative estimate of drug-likeness (QED) is 0.898. The molecule has 0 spiro atoms. The molecule has 2 N–H and O–H groups in total. The number of carbonyl (C=O) groups excluding carboxylic acids is 1. The van der Waals surface area contributed by atoms with Gasteiger partial charge in [0.05, 0.1) is 11.1 Å². The van der Waals surface area contributed by atoms with Gasteiger partial charge in [0.1, 0.15) is 5.52 Å². The van der Waals surface area contributed by atoms with E-state index in [9.17, 15) is 4.79 Å². The maximum Gasteiger partial charge on any atom is 0.298 e. The number of anilines is 1. The topological polar surface area (TPSA) is 75.6 Å². The summed E-state index contributed by atoms with van der Waals surface area (Å²) >= 11 is 0. The van der Waals surface area contributed by atoms with Crippen molar-refractivity contribution in [1.29, 1.82) is 0 Å². The van der Waals surface area contributed by atoms with Crippen LogP contribution in [-0.4, -0.2) is 48.5 Å². The summed E-state index contributed by atoms with van der Waals surface area (Å²) in [6.45, 7) is 3.86. The molecule has 2 aromatic rings. The van der Waals surface area contributed by atoms with Gasteiger partial charge < -0.3 is 20.0 Å². The van der Waals surface area contributed by atoms with E-state index in [1.165, 1.54) is 0 Å². The molecule has 1 fully saturated rings. The Balaban J connectivity index is 1.92. The third-order valence-electron chi connectivity index (χ3n) is 4.00. The normalized spacial score (nSPS) is 17.5. The van der Waals surface area contributed by atoms with Crippen LogP contribution >= 0.6 is 0 Å². The van der Waals surface area contributed by atoms with Crippen LogP contribution in [0.25, 0.3) is 11.1 Å². The summed E-state index contributed by atoms with van der Waals surface area (Å²) in [6, 6.07) is 6.70. The second-order valence-corrected chi connectivity index (χ2v) is 5.67. The van der Waals surface area contributed by atoms with E-state index in [4.69, 9.17) is 10.2 Å². The van der Waals surface area contributed by atoms with Crippen molar-refractivity contribution in [3.63, 3.8) is 0 Å². The summed E-state index contributed by atoms with van der Waals surface area (Å²) in [6.07, 6.45) is 0. The fourth-order valence-corrected chi connectivity index (χ4v) is 2.40. The summed E-state index contributed by atoms with van der Waals surface area (Å²) < 4.78 is 5.70. The number of nitrogens with zero attached hydrogens (tertiary/aromatic N) is 3. The van der Waals surface area contributed by atoms with Crippen molar-refractivity contribution < 1.29 is 9.21 Å². The lowest BCUT2D eigenvalue weighted by atomic mass is 9.91. The molecule has 1 aliphatic heterocycles. The third-order valence-corrected chi connectivity index (χ3v) is 4.00. The molecule has 1 aromatic heterocycles. The predicted molar refractivity (Wildman–Crippen MR) is 75.7 cm³/mol. The standard InChI is InChI=1S/C14H17N4O2/c1-14(17(2)3)7-18(8-14)13-16-11-9(12(15)19)5-4-6-10(11)20-13/h4,6H,7-8H2,1-3H3,(H2,15,19). The van der Waals surface area contributed by atoms with Gasteiger partial charge in [0.2, 0.25) is 0 Å². The first-order valence-electron chi connectivity index (χ1n) is 6.44. The molecule has 0 atom stereocenters. The van der Waals surface area contributed by atoms with Gasteiger partial charge in [-0.2, -0.15) is 4.98 Å². The van der Waals surface area contributed by atoms with Gasteiger partial charge in [-0.1, -0.05) is 0 Å². The van der Waals surface area contributed by atoms with Gasteiger partial charge in [-0.15, -0.1) is 0 Å². The third kappa shape index (κ3) is 1.84. The molecule has 1 radical (unpaired) electrons. The second kappa shape index (κ2) is 4.21. The van der Waals surface area contributed by atoms with Crippen LogP contribution in [0.15, 0.2) is 16.5 Å². The highest BCUT2D eigenvalue weighted by Crippen LogP contribution is 2.32. The van der Waals surface area contributed by atoms with Crippen LogP contribution in [0.1, 0.15) is 17.3 Å². The maximum absolute atomic E-state index is 11.4. The Hall–Kier alpha value is -2.08.